The number of benzene rings is 1. The standard InChI is InChI=1S/C45H65N7O19S/c46-29(40(62)49-32(22-39(60)61)41(63)50-33(24-72)44(68)69)23-47-35(56)17-14-27(42(64)65)21-34(55)31(20-26-10-6-5-7-11-26)48-36(57)13-9-4-2-1-3-8-12-28(54)15-16-30(43(66)67)51-45(70)52-37(71-25-53)18-19-38(58)59/h5-7,10-11,25,27,29-33,37,72H,1-4,8-9,12-24,46H2,(H,47,56)(H,48,57)(H,49,62)(H,50,63)(H,58,59)(H,60,61)(H,64,65)(H,66,67)(H,68,69)(H2,51,52,70)/t27-,29+,30+,31+,32?,33+,37-/m1/s1. The topological polar surface area (TPSA) is 430 Å². The quantitative estimate of drug-likeness (QED) is 0.0173. The van der Waals surface area contributed by atoms with E-state index in [-0.39, 0.29) is 63.0 Å². The van der Waals surface area contributed by atoms with Gasteiger partial charge in [-0.05, 0) is 37.7 Å². The SMILES string of the molecule is N[C@@H](CNC(=O)CC[C@H](CC(=O)[C@H](Cc1ccccc1)NC(=O)CCCCCCCCC(=O)CC[C@H](NC(=O)N[C@@H](CCC(=O)O)OC=O)C(=O)O)C(=O)O)C(=O)NC(CC(=O)O)C(=O)N[C@@H](CS)C(=O)O. The number of carbonyl (C=O) groups excluding carboxylic acids is 8. The second-order valence-electron chi connectivity index (χ2n) is 16.6. The maximum absolute atomic E-state index is 13.6. The van der Waals surface area contributed by atoms with Crippen LogP contribution in [0, 0.1) is 5.92 Å². The number of hydrogen-bond acceptors (Lipinski definition) is 16. The lowest BCUT2D eigenvalue weighted by atomic mass is 9.91. The number of carboxylic acid groups (broad SMARTS) is 5. The van der Waals surface area contributed by atoms with Gasteiger partial charge in [0.1, 0.15) is 30.0 Å². The van der Waals surface area contributed by atoms with Crippen LogP contribution in [0.1, 0.15) is 108 Å². The summed E-state index contributed by atoms with van der Waals surface area (Å²) in [6.45, 7) is -0.526. The first-order valence-electron chi connectivity index (χ1n) is 23.0. The number of ketones is 2. The van der Waals surface area contributed by atoms with Gasteiger partial charge in [-0.25, -0.2) is 14.4 Å². The number of Topliss-reactive ketones (excluding diaryl/α,β-unsaturated/α-hetero) is 2. The minimum Gasteiger partial charge on any atom is -0.481 e. The van der Waals surface area contributed by atoms with E-state index in [1.54, 1.807) is 30.3 Å². The highest BCUT2D eigenvalue weighted by Gasteiger charge is 2.31. The van der Waals surface area contributed by atoms with Gasteiger partial charge in [0.15, 0.2) is 12.0 Å². The van der Waals surface area contributed by atoms with Gasteiger partial charge in [-0.3, -0.25) is 47.9 Å². The zero-order chi connectivity index (χ0) is 54.2. The van der Waals surface area contributed by atoms with E-state index in [1.807, 2.05) is 5.32 Å². The van der Waals surface area contributed by atoms with Crippen LogP contribution < -0.4 is 37.6 Å². The lowest BCUT2D eigenvalue weighted by Gasteiger charge is -2.21. The Morgan fingerprint density at radius 1 is 0.583 bits per heavy atom. The summed E-state index contributed by atoms with van der Waals surface area (Å²) in [5.41, 5.74) is 6.50. The first-order chi connectivity index (χ1) is 34.1. The fourth-order valence-corrected chi connectivity index (χ4v) is 6.98. The molecule has 0 spiro atoms. The van der Waals surface area contributed by atoms with E-state index < -0.39 is 140 Å². The van der Waals surface area contributed by atoms with Crippen LogP contribution in [0.15, 0.2) is 30.3 Å². The summed E-state index contributed by atoms with van der Waals surface area (Å²) in [5, 5.41) is 60.0. The Kier molecular flexibility index (Phi) is 30.6. The lowest BCUT2D eigenvalue weighted by molar-refractivity contribution is -0.144. The van der Waals surface area contributed by atoms with E-state index in [9.17, 15) is 77.6 Å². The van der Waals surface area contributed by atoms with Crippen LogP contribution in [0.4, 0.5) is 4.79 Å². The number of carbonyl (C=O) groups is 13. The zero-order valence-electron chi connectivity index (χ0n) is 39.4. The zero-order valence-corrected chi connectivity index (χ0v) is 40.3. The van der Waals surface area contributed by atoms with Gasteiger partial charge in [0.2, 0.25) is 23.6 Å². The van der Waals surface area contributed by atoms with Crippen molar-refractivity contribution >= 4 is 90.2 Å². The molecule has 0 aliphatic carbocycles. The van der Waals surface area contributed by atoms with Gasteiger partial charge >= 0.3 is 35.9 Å². The van der Waals surface area contributed by atoms with Crippen LogP contribution in [-0.2, 0) is 68.7 Å². The van der Waals surface area contributed by atoms with Gasteiger partial charge in [0.25, 0.3) is 6.47 Å². The van der Waals surface area contributed by atoms with Crippen LogP contribution >= 0.6 is 12.6 Å². The normalized spacial score (nSPS) is 13.7. The van der Waals surface area contributed by atoms with Gasteiger partial charge < -0.3 is 67.9 Å². The number of urea groups is 1. The molecule has 0 radical (unpaired) electrons. The van der Waals surface area contributed by atoms with Crippen molar-refractivity contribution < 1.29 is 92.6 Å². The third kappa shape index (κ3) is 27.9. The van der Waals surface area contributed by atoms with Gasteiger partial charge in [-0.1, -0.05) is 56.0 Å². The minimum atomic E-state index is -1.73. The number of aliphatic carboxylic acids is 5. The highest BCUT2D eigenvalue weighted by atomic mass is 32.1. The second-order valence-corrected chi connectivity index (χ2v) is 16.9. The number of amides is 6. The summed E-state index contributed by atoms with van der Waals surface area (Å²) < 4.78 is 4.60. The van der Waals surface area contributed by atoms with Crippen LogP contribution in [0.2, 0.25) is 0 Å². The van der Waals surface area contributed by atoms with E-state index in [0.29, 0.717) is 37.7 Å². The van der Waals surface area contributed by atoms with E-state index >= 15 is 0 Å². The Hall–Kier alpha value is -7.16. The van der Waals surface area contributed by atoms with Crippen molar-refractivity contribution in [3.8, 4) is 0 Å². The van der Waals surface area contributed by atoms with Crippen molar-refractivity contribution in [1.82, 2.24) is 31.9 Å². The molecule has 0 saturated carbocycles. The predicted octanol–water partition coefficient (Wildman–Crippen LogP) is -0.357. The fraction of sp³-hybridized carbons (Fsp3) is 0.578. The molecule has 1 aromatic rings. The molecule has 0 heterocycles. The summed E-state index contributed by atoms with van der Waals surface area (Å²) in [4.78, 5) is 157. The molecule has 1 unspecified atom stereocenters. The predicted molar refractivity (Wildman–Crippen MR) is 253 cm³/mol. The number of nitrogens with two attached hydrogens (primary N) is 1. The Labute approximate surface area is 419 Å². The highest BCUT2D eigenvalue weighted by molar-refractivity contribution is 7.80. The third-order valence-electron chi connectivity index (χ3n) is 10.7. The summed E-state index contributed by atoms with van der Waals surface area (Å²) in [6.07, 6.45) is -0.640. The maximum Gasteiger partial charge on any atom is 0.327 e. The van der Waals surface area contributed by atoms with Crippen molar-refractivity contribution in [3.63, 3.8) is 0 Å². The van der Waals surface area contributed by atoms with Gasteiger partial charge in [0.05, 0.1) is 24.8 Å². The van der Waals surface area contributed by atoms with Crippen LogP contribution in [0.25, 0.3) is 0 Å². The first-order valence-corrected chi connectivity index (χ1v) is 23.6. The molecule has 0 aliphatic rings. The molecule has 13 N–H and O–H groups in total. The Morgan fingerprint density at radius 3 is 1.76 bits per heavy atom. The molecule has 72 heavy (non-hydrogen) atoms. The van der Waals surface area contributed by atoms with E-state index in [0.717, 1.165) is 6.42 Å². The van der Waals surface area contributed by atoms with Crippen molar-refractivity contribution in [2.45, 2.75) is 146 Å². The number of rotatable bonds is 40. The van der Waals surface area contributed by atoms with Crippen LogP contribution in [-0.4, -0.2) is 152 Å². The smallest absolute Gasteiger partial charge is 0.327 e. The molecule has 27 heteroatoms. The second kappa shape index (κ2) is 35.0. The number of carboxylic acids is 5. The molecule has 0 aromatic heterocycles. The summed E-state index contributed by atoms with van der Waals surface area (Å²) in [6, 6.07) is 0.343. The molecule has 0 fully saturated rings. The fourth-order valence-electron chi connectivity index (χ4n) is 6.73. The molecule has 6 amide bonds. The molecule has 1 rings (SSSR count). The lowest BCUT2D eigenvalue weighted by Crippen LogP contribution is -2.57. The van der Waals surface area contributed by atoms with E-state index in [2.05, 4.69) is 43.9 Å². The van der Waals surface area contributed by atoms with Gasteiger partial charge in [0, 0.05) is 50.8 Å². The molecule has 400 valence electrons. The van der Waals surface area contributed by atoms with Crippen molar-refractivity contribution in [1.29, 1.82) is 0 Å². The average molecular weight is 1040 g/mol. The minimum absolute atomic E-state index is 0.00381. The molecule has 0 aliphatic heterocycles. The molecule has 1 aromatic carbocycles. The van der Waals surface area contributed by atoms with Gasteiger partial charge in [-0.15, -0.1) is 0 Å². The number of thiol groups is 1. The van der Waals surface area contributed by atoms with Crippen molar-refractivity contribution in [2.75, 3.05) is 12.3 Å². The third-order valence-corrected chi connectivity index (χ3v) is 11.1. The Morgan fingerprint density at radius 2 is 1.19 bits per heavy atom. The molecular formula is C45H65N7O19S. The number of ether oxygens (including phenoxy) is 1. The number of hydrogen-bond donors (Lipinski definition) is 13. The number of unbranched alkanes of at least 4 members (excludes halogenated alkanes) is 5. The van der Waals surface area contributed by atoms with E-state index in [1.165, 1.54) is 0 Å². The number of nitrogens with one attached hydrogen (secondary N) is 6. The molecular weight excluding hydrogens is 975 g/mol. The van der Waals surface area contributed by atoms with Gasteiger partial charge in [-0.2, -0.15) is 12.6 Å². The molecule has 26 nitrogen and oxygen atoms in total. The van der Waals surface area contributed by atoms with Crippen molar-refractivity contribution in [3.05, 3.63) is 35.9 Å². The average Bonchev–Trinajstić information content (AvgIpc) is 3.31. The largest absolute Gasteiger partial charge is 0.481 e. The molecule has 7 atom stereocenters. The monoisotopic (exact) mass is 1040 g/mol. The Bertz CT molecular complexity index is 2030. The first kappa shape index (κ1) is 62.9. The summed E-state index contributed by atoms with van der Waals surface area (Å²) in [7, 11) is 0. The molecule has 0 saturated heterocycles. The van der Waals surface area contributed by atoms with E-state index in [4.69, 9.17) is 15.9 Å². The molecule has 0 bridgehead atoms. The Balaban J connectivity index is 2.62. The van der Waals surface area contributed by atoms with Crippen molar-refractivity contribution in [2.24, 2.45) is 11.7 Å². The maximum atomic E-state index is 13.6. The highest BCUT2D eigenvalue weighted by Crippen LogP contribution is 2.17. The summed E-state index contributed by atoms with van der Waals surface area (Å²) >= 11 is 3.81. The summed E-state index contributed by atoms with van der Waals surface area (Å²) in [5.74, 6) is -12.9. The van der Waals surface area contributed by atoms with Crippen LogP contribution in [0.3, 0.4) is 0 Å². The van der Waals surface area contributed by atoms with Crippen LogP contribution in [0.5, 0.6) is 0 Å².